The first-order chi connectivity index (χ1) is 36.3. The number of hydrogen-bond donors (Lipinski definition) is 7. The number of aromatic nitrogens is 3. The van der Waals surface area contributed by atoms with Crippen LogP contribution in [0.3, 0.4) is 0 Å². The van der Waals surface area contributed by atoms with Crippen LogP contribution in [0.2, 0.25) is 0 Å². The predicted molar refractivity (Wildman–Crippen MR) is 281 cm³/mol. The summed E-state index contributed by atoms with van der Waals surface area (Å²) < 4.78 is 142. The fourth-order valence-electron chi connectivity index (χ4n) is 7.77. The van der Waals surface area contributed by atoms with E-state index in [9.17, 15) is 72.5 Å². The molecule has 0 fully saturated rings. The Kier molecular flexibility index (Phi) is 16.2. The van der Waals surface area contributed by atoms with Gasteiger partial charge in [-0.05, 0) is 97.5 Å². The average molecular weight is 1170 g/mol. The van der Waals surface area contributed by atoms with Gasteiger partial charge in [0.15, 0.2) is 11.3 Å². The first-order valence-electron chi connectivity index (χ1n) is 22.1. The fourth-order valence-corrected chi connectivity index (χ4v) is 12.1. The van der Waals surface area contributed by atoms with Crippen molar-refractivity contribution in [3.8, 4) is 17.7 Å². The highest BCUT2D eigenvalue weighted by Crippen LogP contribution is 2.44. The Morgan fingerprint density at radius 3 is 2.08 bits per heavy atom. The number of nitrogens with zero attached hydrogens (tertiary/aromatic N) is 10. The normalized spacial score (nSPS) is 12.9. The highest BCUT2D eigenvalue weighted by molar-refractivity contribution is 7.99. The molecular formula is C45H40N10O16S6. The Morgan fingerprint density at radius 2 is 1.40 bits per heavy atom. The second-order valence-corrected chi connectivity index (χ2v) is 24.7. The van der Waals surface area contributed by atoms with Crippen LogP contribution in [0.4, 0.5) is 33.6 Å². The van der Waals surface area contributed by atoms with Gasteiger partial charge in [0, 0.05) is 27.5 Å². The smallest absolute Gasteiger partial charge is 0.296 e. The van der Waals surface area contributed by atoms with E-state index in [0.29, 0.717) is 21.5 Å². The lowest BCUT2D eigenvalue weighted by Crippen LogP contribution is -2.08. The highest BCUT2D eigenvalue weighted by Gasteiger charge is 2.25. The molecule has 0 amide bonds. The van der Waals surface area contributed by atoms with Crippen molar-refractivity contribution >= 4 is 135 Å². The topological polar surface area (TPSA) is 416 Å². The molecule has 3 heterocycles. The lowest BCUT2D eigenvalue weighted by atomic mass is 10.0. The minimum absolute atomic E-state index is 0.000453. The number of azo groups is 3. The first-order valence-corrected chi connectivity index (χ1v) is 30.0. The van der Waals surface area contributed by atoms with Crippen molar-refractivity contribution in [3.05, 3.63) is 94.5 Å². The van der Waals surface area contributed by atoms with Gasteiger partial charge in [0.1, 0.15) is 33.5 Å². The van der Waals surface area contributed by atoms with Gasteiger partial charge in [-0.15, -0.1) is 37.3 Å². The van der Waals surface area contributed by atoms with Crippen LogP contribution < -0.4 is 4.74 Å². The number of ether oxygens (including phenoxy) is 1. The molecule has 26 nitrogen and oxygen atoms in total. The van der Waals surface area contributed by atoms with Crippen molar-refractivity contribution in [3.63, 3.8) is 0 Å². The number of thiazole rings is 1. The van der Waals surface area contributed by atoms with Gasteiger partial charge in [-0.25, -0.2) is 9.97 Å². The van der Waals surface area contributed by atoms with Crippen LogP contribution >= 0.6 is 23.1 Å². The van der Waals surface area contributed by atoms with Crippen molar-refractivity contribution in [1.29, 1.82) is 5.26 Å². The second-order valence-electron chi connectivity index (χ2n) is 16.7. The Morgan fingerprint density at radius 1 is 0.727 bits per heavy atom. The van der Waals surface area contributed by atoms with E-state index in [1.165, 1.54) is 35.6 Å². The molecule has 0 radical (unpaired) electrons. The minimum atomic E-state index is -4.98. The van der Waals surface area contributed by atoms with Crippen LogP contribution in [0.5, 0.6) is 11.6 Å². The molecule has 0 spiro atoms. The van der Waals surface area contributed by atoms with Crippen molar-refractivity contribution in [2.45, 2.75) is 54.6 Å². The van der Waals surface area contributed by atoms with Gasteiger partial charge in [0.2, 0.25) is 11.0 Å². The number of pyridine rings is 1. The highest BCUT2D eigenvalue weighted by atomic mass is 32.2. The molecular weight excluding hydrogens is 1130 g/mol. The number of fused-ring (bicyclic) bond motifs is 6. The summed E-state index contributed by atoms with van der Waals surface area (Å²) in [5, 5.41) is 68.1. The molecule has 32 heteroatoms. The number of nitriles is 1. The summed E-state index contributed by atoms with van der Waals surface area (Å²) >= 11 is 1.82. The molecule has 0 bridgehead atoms. The van der Waals surface area contributed by atoms with Crippen LogP contribution in [0.15, 0.2) is 112 Å². The van der Waals surface area contributed by atoms with E-state index >= 15 is 0 Å². The molecule has 8 rings (SSSR count). The molecule has 0 saturated carbocycles. The SMILES string of the molecule is Cc1cc(N=Nc2cc(OCCCS(=O)(=O)O)c(N=Nc3c(C)c(C#N)c4nc5ccccc5n4c3O)cc2CO)c(SCCCS(=O)(=O)O)cc1N=Nc1nc2c(S(=O)(=O)O)cc3c(CO)cc(S(=O)(=O)O)cc3c2s1. The maximum atomic E-state index is 12.6. The predicted octanol–water partition coefficient (Wildman–Crippen LogP) is 9.20. The van der Waals surface area contributed by atoms with Crippen molar-refractivity contribution in [1.82, 2.24) is 14.4 Å². The lowest BCUT2D eigenvalue weighted by molar-refractivity contribution is 0.281. The van der Waals surface area contributed by atoms with E-state index in [-0.39, 0.29) is 113 Å². The second kappa shape index (κ2) is 22.2. The van der Waals surface area contributed by atoms with E-state index in [0.717, 1.165) is 41.3 Å². The Balaban J connectivity index is 1.19. The molecule has 8 aromatic rings. The van der Waals surface area contributed by atoms with Crippen molar-refractivity contribution in [2.75, 3.05) is 23.9 Å². The largest absolute Gasteiger partial charge is 0.493 e. The maximum absolute atomic E-state index is 12.6. The quantitative estimate of drug-likeness (QED) is 0.0162. The van der Waals surface area contributed by atoms with E-state index < -0.39 is 80.9 Å². The zero-order valence-electron chi connectivity index (χ0n) is 39.7. The average Bonchev–Trinajstić information content (AvgIpc) is 3.97. The Hall–Kier alpha value is -7.00. The molecule has 0 saturated heterocycles. The Labute approximate surface area is 445 Å². The minimum Gasteiger partial charge on any atom is -0.493 e. The summed E-state index contributed by atoms with van der Waals surface area (Å²) in [6.07, 6.45) is -0.210. The van der Waals surface area contributed by atoms with Gasteiger partial charge in [0.05, 0.1) is 69.0 Å². The van der Waals surface area contributed by atoms with Gasteiger partial charge >= 0.3 is 0 Å². The standard InChI is InChI=1S/C45H40N10O16S6/c1-23-13-35(38(72-10-6-12-75(62,63)64)19-32(23)49-54-45-48-41-39(77(68,69)70)17-28-25(21-56)14-27(76(65,66)67)16-29(28)42(41)73-45)52-50-33-18-37(71-9-5-11-74(59,60)61)34(15-26(33)22-57)51-53-40-24(2)30(20-46)43-47-31-7-3-4-8-36(31)55(43)44(40)58/h3-4,7-8,13-19,56-58H,5-6,9-12,21-22H2,1-2H3,(H,59,60,61)(H,62,63,64)(H,65,66,67)(H,68,69,70). The molecule has 5 aromatic carbocycles. The van der Waals surface area contributed by atoms with Crippen LogP contribution in [-0.4, -0.2) is 105 Å². The van der Waals surface area contributed by atoms with Gasteiger partial charge in [0.25, 0.3) is 40.5 Å². The molecule has 3 aromatic heterocycles. The number of aliphatic hydroxyl groups is 2. The molecule has 0 aliphatic heterocycles. The van der Waals surface area contributed by atoms with Gasteiger partial charge in [-0.2, -0.15) is 44.0 Å². The summed E-state index contributed by atoms with van der Waals surface area (Å²) in [6.45, 7) is 1.41. The fraction of sp³-hybridized carbons (Fsp3) is 0.222. The zero-order chi connectivity index (χ0) is 55.8. The number of aliphatic hydroxyl groups excluding tert-OH is 2. The number of aromatic hydroxyl groups is 1. The molecule has 0 unspecified atom stereocenters. The number of rotatable bonds is 20. The third kappa shape index (κ3) is 12.6. The molecule has 0 atom stereocenters. The third-order valence-corrected chi connectivity index (χ3v) is 16.8. The van der Waals surface area contributed by atoms with Gasteiger partial charge in [-0.1, -0.05) is 23.5 Å². The number of benzene rings is 5. The van der Waals surface area contributed by atoms with Gasteiger partial charge < -0.3 is 20.1 Å². The molecule has 77 heavy (non-hydrogen) atoms. The zero-order valence-corrected chi connectivity index (χ0v) is 44.6. The van der Waals surface area contributed by atoms with Crippen LogP contribution in [0, 0.1) is 25.2 Å². The number of imidazole rings is 1. The number of para-hydroxylation sites is 2. The van der Waals surface area contributed by atoms with Crippen molar-refractivity contribution < 1.29 is 71.9 Å². The number of aryl methyl sites for hydroxylation is 1. The van der Waals surface area contributed by atoms with E-state index in [1.54, 1.807) is 31.2 Å². The van der Waals surface area contributed by atoms with Gasteiger partial charge in [-0.3, -0.25) is 22.6 Å². The first kappa shape index (κ1) is 56.2. The molecule has 7 N–H and O–H groups in total. The maximum Gasteiger partial charge on any atom is 0.296 e. The van der Waals surface area contributed by atoms with E-state index in [2.05, 4.69) is 46.7 Å². The summed E-state index contributed by atoms with van der Waals surface area (Å²) in [6, 6.07) is 17.6. The molecule has 402 valence electrons. The third-order valence-electron chi connectivity index (χ3n) is 11.4. The van der Waals surface area contributed by atoms with Crippen LogP contribution in [0.25, 0.3) is 37.7 Å². The lowest BCUT2D eigenvalue weighted by Gasteiger charge is -2.13. The molecule has 0 aliphatic rings. The Bertz CT molecular complexity index is 4330. The van der Waals surface area contributed by atoms with E-state index in [4.69, 9.17) is 4.74 Å². The van der Waals surface area contributed by atoms with Crippen LogP contribution in [-0.2, 0) is 53.7 Å². The van der Waals surface area contributed by atoms with Crippen molar-refractivity contribution in [2.24, 2.45) is 30.7 Å². The van der Waals surface area contributed by atoms with E-state index in [1.807, 2.05) is 0 Å². The summed E-state index contributed by atoms with van der Waals surface area (Å²) in [5.74, 6) is -1.61. The summed E-state index contributed by atoms with van der Waals surface area (Å²) in [4.78, 5) is 7.77. The summed E-state index contributed by atoms with van der Waals surface area (Å²) in [5.41, 5.74) is 1.73. The number of thioether (sulfide) groups is 1. The summed E-state index contributed by atoms with van der Waals surface area (Å²) in [7, 11) is -18.5. The monoisotopic (exact) mass is 1170 g/mol. The number of hydrogen-bond acceptors (Lipinski definition) is 23. The van der Waals surface area contributed by atoms with Crippen LogP contribution in [0.1, 0.15) is 40.7 Å². The molecule has 0 aliphatic carbocycles.